The molecule has 0 atom stereocenters. The molecule has 0 bridgehead atoms. The van der Waals surface area contributed by atoms with Crippen LogP contribution in [-0.2, 0) is 27.6 Å². The number of hydrogen-bond donors (Lipinski definition) is 1. The predicted octanol–water partition coefficient (Wildman–Crippen LogP) is 2.92. The van der Waals surface area contributed by atoms with Gasteiger partial charge in [-0.25, -0.2) is 17.5 Å². The number of ether oxygens (including phenoxy) is 1. The summed E-state index contributed by atoms with van der Waals surface area (Å²) in [5, 5.41) is 3.23. The van der Waals surface area contributed by atoms with Gasteiger partial charge >= 0.3 is 5.97 Å². The number of anilines is 1. The van der Waals surface area contributed by atoms with Crippen LogP contribution in [0.25, 0.3) is 0 Å². The summed E-state index contributed by atoms with van der Waals surface area (Å²) in [6.45, 7) is 0. The van der Waals surface area contributed by atoms with Crippen molar-refractivity contribution in [2.75, 3.05) is 26.5 Å². The average molecular weight is 423 g/mol. The summed E-state index contributed by atoms with van der Waals surface area (Å²) in [5.74, 6) is -0.946. The molecular formula is C19H22N2O5S2. The first-order valence-electron chi connectivity index (χ1n) is 8.82. The molecule has 0 radical (unpaired) electrons. The summed E-state index contributed by atoms with van der Waals surface area (Å²) in [6.07, 6.45) is 3.69. The molecule has 1 heterocycles. The van der Waals surface area contributed by atoms with Gasteiger partial charge in [0.05, 0.1) is 17.6 Å². The van der Waals surface area contributed by atoms with Gasteiger partial charge in [0.15, 0.2) is 0 Å². The number of amides is 1. The van der Waals surface area contributed by atoms with E-state index in [-0.39, 0.29) is 10.5 Å². The number of nitrogens with one attached hydrogen (secondary N) is 1. The van der Waals surface area contributed by atoms with Gasteiger partial charge in [-0.15, -0.1) is 11.3 Å². The van der Waals surface area contributed by atoms with Gasteiger partial charge in [0.2, 0.25) is 10.0 Å². The Kier molecular flexibility index (Phi) is 5.87. The van der Waals surface area contributed by atoms with E-state index in [1.54, 1.807) is 0 Å². The molecule has 0 aliphatic heterocycles. The number of aryl methyl sites for hydroxylation is 1. The quantitative estimate of drug-likeness (QED) is 0.748. The van der Waals surface area contributed by atoms with E-state index >= 15 is 0 Å². The van der Waals surface area contributed by atoms with Crippen LogP contribution in [0.5, 0.6) is 0 Å². The highest BCUT2D eigenvalue weighted by Gasteiger charge is 2.27. The van der Waals surface area contributed by atoms with E-state index < -0.39 is 21.9 Å². The molecule has 0 saturated heterocycles. The molecule has 9 heteroatoms. The molecule has 1 aromatic carbocycles. The Morgan fingerprint density at radius 3 is 2.57 bits per heavy atom. The Bertz CT molecular complexity index is 1020. The molecule has 7 nitrogen and oxygen atoms in total. The second-order valence-electron chi connectivity index (χ2n) is 6.68. The Balaban J connectivity index is 1.94. The zero-order valence-corrected chi connectivity index (χ0v) is 17.6. The zero-order chi connectivity index (χ0) is 20.5. The van der Waals surface area contributed by atoms with Crippen molar-refractivity contribution in [3.8, 4) is 0 Å². The number of thiophene rings is 1. The second-order valence-corrected chi connectivity index (χ2v) is 9.93. The summed E-state index contributed by atoms with van der Waals surface area (Å²) < 4.78 is 30.6. The van der Waals surface area contributed by atoms with E-state index in [1.807, 2.05) is 0 Å². The van der Waals surface area contributed by atoms with Gasteiger partial charge in [0, 0.05) is 24.5 Å². The highest BCUT2D eigenvalue weighted by molar-refractivity contribution is 7.89. The Hall–Kier alpha value is -2.23. The molecule has 1 aliphatic carbocycles. The lowest BCUT2D eigenvalue weighted by molar-refractivity contribution is 0.0601. The zero-order valence-electron chi connectivity index (χ0n) is 15.9. The van der Waals surface area contributed by atoms with Crippen molar-refractivity contribution in [2.45, 2.75) is 30.6 Å². The smallest absolute Gasteiger partial charge is 0.341 e. The van der Waals surface area contributed by atoms with Crippen LogP contribution in [-0.4, -0.2) is 45.8 Å². The number of hydrogen-bond acceptors (Lipinski definition) is 6. The highest BCUT2D eigenvalue weighted by Crippen LogP contribution is 2.38. The highest BCUT2D eigenvalue weighted by atomic mass is 32.2. The van der Waals surface area contributed by atoms with Crippen molar-refractivity contribution in [3.05, 3.63) is 45.8 Å². The van der Waals surface area contributed by atoms with Gasteiger partial charge in [-0.1, -0.05) is 6.07 Å². The normalized spacial score (nSPS) is 13.9. The third-order valence-corrected chi connectivity index (χ3v) is 7.68. The molecule has 0 spiro atoms. The molecule has 0 unspecified atom stereocenters. The number of esters is 1. The van der Waals surface area contributed by atoms with Crippen LogP contribution >= 0.6 is 11.3 Å². The maximum Gasteiger partial charge on any atom is 0.341 e. The molecule has 150 valence electrons. The first-order chi connectivity index (χ1) is 13.3. The summed E-state index contributed by atoms with van der Waals surface area (Å²) in [5.41, 5.74) is 1.56. The van der Waals surface area contributed by atoms with E-state index in [0.29, 0.717) is 10.6 Å². The van der Waals surface area contributed by atoms with Gasteiger partial charge in [0.1, 0.15) is 5.00 Å². The molecule has 1 N–H and O–H groups in total. The van der Waals surface area contributed by atoms with Crippen LogP contribution < -0.4 is 5.32 Å². The van der Waals surface area contributed by atoms with Crippen molar-refractivity contribution in [2.24, 2.45) is 0 Å². The fraction of sp³-hybridized carbons (Fsp3) is 0.368. The molecule has 1 aliphatic rings. The summed E-state index contributed by atoms with van der Waals surface area (Å²) >= 11 is 1.38. The van der Waals surface area contributed by atoms with E-state index in [2.05, 4.69) is 5.32 Å². The topological polar surface area (TPSA) is 92.8 Å². The van der Waals surface area contributed by atoms with Crippen LogP contribution in [0, 0.1) is 0 Å². The second kappa shape index (κ2) is 8.02. The number of sulfonamides is 1. The van der Waals surface area contributed by atoms with E-state index in [1.165, 1.54) is 56.8 Å². The number of fused-ring (bicyclic) bond motifs is 1. The van der Waals surface area contributed by atoms with Crippen molar-refractivity contribution in [1.82, 2.24) is 4.31 Å². The fourth-order valence-electron chi connectivity index (χ4n) is 3.16. The Morgan fingerprint density at radius 2 is 1.89 bits per heavy atom. The van der Waals surface area contributed by atoms with E-state index in [9.17, 15) is 18.0 Å². The lowest BCUT2D eigenvalue weighted by atomic mass is 9.95. The van der Waals surface area contributed by atoms with Crippen molar-refractivity contribution in [1.29, 1.82) is 0 Å². The van der Waals surface area contributed by atoms with Crippen LogP contribution in [0.15, 0.2) is 29.2 Å². The fourth-order valence-corrected chi connectivity index (χ4v) is 5.38. The molecule has 28 heavy (non-hydrogen) atoms. The van der Waals surface area contributed by atoms with E-state index in [4.69, 9.17) is 4.74 Å². The summed E-state index contributed by atoms with van der Waals surface area (Å²) in [7, 11) is 0.527. The minimum Gasteiger partial charge on any atom is -0.465 e. The molecule has 3 rings (SSSR count). The van der Waals surface area contributed by atoms with Crippen molar-refractivity contribution in [3.63, 3.8) is 0 Å². The van der Waals surface area contributed by atoms with Gasteiger partial charge < -0.3 is 10.1 Å². The lowest BCUT2D eigenvalue weighted by Crippen LogP contribution is -2.23. The molecule has 1 amide bonds. The average Bonchev–Trinajstić information content (AvgIpc) is 3.05. The van der Waals surface area contributed by atoms with Crippen LogP contribution in [0.2, 0.25) is 0 Å². The predicted molar refractivity (Wildman–Crippen MR) is 108 cm³/mol. The molecule has 0 fully saturated rings. The maximum absolute atomic E-state index is 12.8. The first-order valence-corrected chi connectivity index (χ1v) is 11.1. The largest absolute Gasteiger partial charge is 0.465 e. The van der Waals surface area contributed by atoms with Crippen LogP contribution in [0.4, 0.5) is 5.00 Å². The SMILES string of the molecule is COC(=O)c1c(NC(=O)c2cccc(S(=O)(=O)N(C)C)c2)sc2c1CCCC2. The number of nitrogens with zero attached hydrogens (tertiary/aromatic N) is 1. The van der Waals surface area contributed by atoms with Gasteiger partial charge in [-0.05, 0) is 49.4 Å². The number of rotatable bonds is 5. The van der Waals surface area contributed by atoms with E-state index in [0.717, 1.165) is 40.4 Å². The van der Waals surface area contributed by atoms with Crippen molar-refractivity contribution < 1.29 is 22.7 Å². The Morgan fingerprint density at radius 1 is 1.18 bits per heavy atom. The van der Waals surface area contributed by atoms with Crippen molar-refractivity contribution >= 4 is 38.2 Å². The summed E-state index contributed by atoms with van der Waals surface area (Å²) in [4.78, 5) is 26.2. The maximum atomic E-state index is 12.8. The minimum absolute atomic E-state index is 0.0313. The van der Waals surface area contributed by atoms with Gasteiger partial charge in [0.25, 0.3) is 5.91 Å². The molecule has 2 aromatic rings. The third-order valence-electron chi connectivity index (χ3n) is 4.66. The molecule has 0 saturated carbocycles. The molecule has 1 aromatic heterocycles. The number of carbonyl (C=O) groups excluding carboxylic acids is 2. The van der Waals surface area contributed by atoms with Gasteiger partial charge in [-0.2, -0.15) is 0 Å². The number of carbonyl (C=O) groups is 2. The molecular weight excluding hydrogens is 400 g/mol. The lowest BCUT2D eigenvalue weighted by Gasteiger charge is -2.13. The number of benzene rings is 1. The Labute approximate surface area is 168 Å². The first kappa shape index (κ1) is 20.5. The minimum atomic E-state index is -3.65. The monoisotopic (exact) mass is 422 g/mol. The standard InChI is InChI=1S/C19H22N2O5S2/c1-21(2)28(24,25)13-8-6-7-12(11-13)17(22)20-18-16(19(23)26-3)14-9-4-5-10-15(14)27-18/h6-8,11H,4-5,9-10H2,1-3H3,(H,20,22). The summed E-state index contributed by atoms with van der Waals surface area (Å²) in [6, 6.07) is 5.83. The van der Waals surface area contributed by atoms with Gasteiger partial charge in [-0.3, -0.25) is 4.79 Å². The van der Waals surface area contributed by atoms with Crippen LogP contribution in [0.3, 0.4) is 0 Å². The third kappa shape index (κ3) is 3.82. The number of methoxy groups -OCH3 is 1. The van der Waals surface area contributed by atoms with Crippen LogP contribution in [0.1, 0.15) is 44.0 Å².